The lowest BCUT2D eigenvalue weighted by atomic mass is 9.94. The maximum atomic E-state index is 13.1. The van der Waals surface area contributed by atoms with Crippen molar-refractivity contribution in [3.8, 4) is 5.75 Å². The number of ether oxygens (including phenoxy) is 2. The Kier molecular flexibility index (Phi) is 7.78. The molecule has 0 saturated heterocycles. The molecule has 31 heavy (non-hydrogen) atoms. The molecule has 3 rings (SSSR count). The van der Waals surface area contributed by atoms with Crippen LogP contribution in [-0.2, 0) is 17.9 Å². The fourth-order valence-electron chi connectivity index (χ4n) is 3.97. The smallest absolute Gasteiger partial charge is 0.410 e. The summed E-state index contributed by atoms with van der Waals surface area (Å²) in [6, 6.07) is 16.4. The zero-order valence-corrected chi connectivity index (χ0v) is 19.1. The second kappa shape index (κ2) is 10.5. The van der Waals surface area contributed by atoms with Crippen LogP contribution in [0.4, 0.5) is 4.79 Å². The molecule has 2 aromatic carbocycles. The average Bonchev–Trinajstić information content (AvgIpc) is 2.76. The number of nitrogens with zero attached hydrogens (tertiary/aromatic N) is 1. The van der Waals surface area contributed by atoms with E-state index in [1.807, 2.05) is 74.2 Å². The Bertz CT molecular complexity index is 864. The van der Waals surface area contributed by atoms with Gasteiger partial charge >= 0.3 is 6.09 Å². The predicted molar refractivity (Wildman–Crippen MR) is 126 cm³/mol. The van der Waals surface area contributed by atoms with Crippen LogP contribution < -0.4 is 4.74 Å². The van der Waals surface area contributed by atoms with Crippen LogP contribution in [0.5, 0.6) is 5.75 Å². The van der Waals surface area contributed by atoms with Gasteiger partial charge in [-0.1, -0.05) is 62.2 Å². The van der Waals surface area contributed by atoms with Crippen LogP contribution in [0, 0.1) is 0 Å². The lowest BCUT2D eigenvalue weighted by molar-refractivity contribution is 0.00986. The Balaban J connectivity index is 1.80. The second-order valence-corrected chi connectivity index (χ2v) is 9.29. The van der Waals surface area contributed by atoms with E-state index in [1.54, 1.807) is 0 Å². The van der Waals surface area contributed by atoms with Crippen molar-refractivity contribution in [2.75, 3.05) is 0 Å². The molecule has 1 aliphatic carbocycles. The molecule has 0 atom stereocenters. The topological polar surface area (TPSA) is 38.8 Å². The van der Waals surface area contributed by atoms with Gasteiger partial charge in [0.2, 0.25) is 0 Å². The molecule has 0 N–H and O–H groups in total. The van der Waals surface area contributed by atoms with Gasteiger partial charge in [0, 0.05) is 12.6 Å². The third kappa shape index (κ3) is 7.16. The minimum atomic E-state index is -0.517. The molecule has 0 aliphatic heterocycles. The van der Waals surface area contributed by atoms with Gasteiger partial charge in [-0.25, -0.2) is 4.79 Å². The first kappa shape index (κ1) is 22.9. The van der Waals surface area contributed by atoms with Gasteiger partial charge in [-0.15, -0.1) is 0 Å². The average molecular weight is 422 g/mol. The SMILES string of the molecule is C=Cc1cc(CN(C(=O)OC(C)(C)C)C2CCCCC2)cc(OCc2ccccc2)c1. The van der Waals surface area contributed by atoms with E-state index in [0.717, 1.165) is 48.1 Å². The van der Waals surface area contributed by atoms with Crippen molar-refractivity contribution in [2.45, 2.75) is 77.7 Å². The number of amides is 1. The van der Waals surface area contributed by atoms with E-state index in [9.17, 15) is 4.79 Å². The Morgan fingerprint density at radius 3 is 2.42 bits per heavy atom. The number of hydrogen-bond donors (Lipinski definition) is 0. The van der Waals surface area contributed by atoms with Crippen LogP contribution in [-0.4, -0.2) is 22.6 Å². The van der Waals surface area contributed by atoms with Crippen molar-refractivity contribution in [3.05, 3.63) is 71.8 Å². The van der Waals surface area contributed by atoms with E-state index >= 15 is 0 Å². The summed E-state index contributed by atoms with van der Waals surface area (Å²) >= 11 is 0. The molecular weight excluding hydrogens is 386 g/mol. The molecule has 1 aliphatic rings. The minimum Gasteiger partial charge on any atom is -0.489 e. The molecule has 166 valence electrons. The summed E-state index contributed by atoms with van der Waals surface area (Å²) in [5.41, 5.74) is 2.60. The van der Waals surface area contributed by atoms with Crippen molar-refractivity contribution < 1.29 is 14.3 Å². The van der Waals surface area contributed by atoms with Gasteiger partial charge in [-0.2, -0.15) is 0 Å². The normalized spacial score (nSPS) is 14.7. The lowest BCUT2D eigenvalue weighted by Gasteiger charge is -2.35. The fourth-order valence-corrected chi connectivity index (χ4v) is 3.97. The molecule has 0 radical (unpaired) electrons. The summed E-state index contributed by atoms with van der Waals surface area (Å²) < 4.78 is 11.8. The van der Waals surface area contributed by atoms with Crippen LogP contribution in [0.1, 0.15) is 69.6 Å². The minimum absolute atomic E-state index is 0.213. The highest BCUT2D eigenvalue weighted by molar-refractivity contribution is 5.69. The molecular formula is C27H35NO3. The van der Waals surface area contributed by atoms with Crippen LogP contribution in [0.3, 0.4) is 0 Å². The van der Waals surface area contributed by atoms with Gasteiger partial charge in [-0.05, 0) is 68.5 Å². The predicted octanol–water partition coefficient (Wildman–Crippen LogP) is 6.98. The van der Waals surface area contributed by atoms with Gasteiger partial charge in [0.1, 0.15) is 18.0 Å². The molecule has 1 fully saturated rings. The Morgan fingerprint density at radius 1 is 1.06 bits per heavy atom. The van der Waals surface area contributed by atoms with Gasteiger partial charge in [0.25, 0.3) is 0 Å². The standard InChI is InChI=1S/C27H35NO3/c1-5-21-16-23(18-25(17-21)30-20-22-12-8-6-9-13-22)19-28(24-14-10-7-11-15-24)26(29)31-27(2,3)4/h5-6,8-9,12-13,16-18,24H,1,7,10-11,14-15,19-20H2,2-4H3. The summed E-state index contributed by atoms with van der Waals surface area (Å²) in [6.45, 7) is 10.7. The fraction of sp³-hybridized carbons (Fsp3) is 0.444. The highest BCUT2D eigenvalue weighted by Crippen LogP contribution is 2.28. The van der Waals surface area contributed by atoms with Crippen LogP contribution in [0.25, 0.3) is 6.08 Å². The third-order valence-electron chi connectivity index (χ3n) is 5.47. The molecule has 0 spiro atoms. The zero-order valence-electron chi connectivity index (χ0n) is 19.1. The molecule has 0 unspecified atom stereocenters. The first-order valence-electron chi connectivity index (χ1n) is 11.3. The maximum Gasteiger partial charge on any atom is 0.410 e. The van der Waals surface area contributed by atoms with Crippen molar-refractivity contribution in [1.29, 1.82) is 0 Å². The summed E-state index contributed by atoms with van der Waals surface area (Å²) in [5.74, 6) is 0.782. The molecule has 0 bridgehead atoms. The van der Waals surface area contributed by atoms with E-state index in [4.69, 9.17) is 9.47 Å². The molecule has 0 heterocycles. The van der Waals surface area contributed by atoms with E-state index in [0.29, 0.717) is 13.2 Å². The molecule has 4 heteroatoms. The lowest BCUT2D eigenvalue weighted by Crippen LogP contribution is -2.43. The summed E-state index contributed by atoms with van der Waals surface area (Å²) in [4.78, 5) is 15.0. The quantitative estimate of drug-likeness (QED) is 0.484. The highest BCUT2D eigenvalue weighted by atomic mass is 16.6. The number of hydrogen-bond acceptors (Lipinski definition) is 3. The van der Waals surface area contributed by atoms with Gasteiger partial charge in [0.15, 0.2) is 0 Å². The van der Waals surface area contributed by atoms with Crippen LogP contribution >= 0.6 is 0 Å². The molecule has 4 nitrogen and oxygen atoms in total. The molecule has 1 amide bonds. The summed E-state index contributed by atoms with van der Waals surface area (Å²) in [6.07, 6.45) is 7.18. The van der Waals surface area contributed by atoms with Crippen molar-refractivity contribution in [2.24, 2.45) is 0 Å². The Hall–Kier alpha value is -2.75. The van der Waals surface area contributed by atoms with Gasteiger partial charge < -0.3 is 14.4 Å². The summed E-state index contributed by atoms with van der Waals surface area (Å²) in [5, 5.41) is 0. The zero-order chi connectivity index (χ0) is 22.3. The first-order chi connectivity index (χ1) is 14.8. The molecule has 2 aromatic rings. The van der Waals surface area contributed by atoms with E-state index in [-0.39, 0.29) is 12.1 Å². The highest BCUT2D eigenvalue weighted by Gasteiger charge is 2.29. The number of carbonyl (C=O) groups excluding carboxylic acids is 1. The van der Waals surface area contributed by atoms with Gasteiger partial charge in [-0.3, -0.25) is 0 Å². The number of benzene rings is 2. The van der Waals surface area contributed by atoms with Gasteiger partial charge in [0.05, 0.1) is 0 Å². The van der Waals surface area contributed by atoms with E-state index < -0.39 is 5.60 Å². The molecule has 1 saturated carbocycles. The number of rotatable bonds is 7. The van der Waals surface area contributed by atoms with Crippen LogP contribution in [0.2, 0.25) is 0 Å². The third-order valence-corrected chi connectivity index (χ3v) is 5.47. The van der Waals surface area contributed by atoms with Crippen LogP contribution in [0.15, 0.2) is 55.1 Å². The molecule has 0 aromatic heterocycles. The first-order valence-corrected chi connectivity index (χ1v) is 11.3. The number of carbonyl (C=O) groups is 1. The Morgan fingerprint density at radius 2 is 1.77 bits per heavy atom. The second-order valence-electron chi connectivity index (χ2n) is 9.29. The van der Waals surface area contributed by atoms with E-state index in [2.05, 4.69) is 12.6 Å². The van der Waals surface area contributed by atoms with Crippen molar-refractivity contribution in [3.63, 3.8) is 0 Å². The maximum absolute atomic E-state index is 13.1. The monoisotopic (exact) mass is 421 g/mol. The van der Waals surface area contributed by atoms with E-state index in [1.165, 1.54) is 6.42 Å². The summed E-state index contributed by atoms with van der Waals surface area (Å²) in [7, 11) is 0. The largest absolute Gasteiger partial charge is 0.489 e. The van der Waals surface area contributed by atoms with Crippen molar-refractivity contribution >= 4 is 12.2 Å². The Labute approximate surface area is 186 Å². The van der Waals surface area contributed by atoms with Crippen molar-refractivity contribution in [1.82, 2.24) is 4.90 Å².